The van der Waals surface area contributed by atoms with Crippen molar-refractivity contribution in [3.8, 4) is 5.75 Å². The number of methoxy groups -OCH3 is 1. The van der Waals surface area contributed by atoms with Gasteiger partial charge in [0, 0.05) is 13.0 Å². The molecule has 1 aliphatic heterocycles. The number of amides is 1. The number of rotatable bonds is 10. The van der Waals surface area contributed by atoms with E-state index in [1.807, 2.05) is 54.6 Å². The summed E-state index contributed by atoms with van der Waals surface area (Å²) < 4.78 is 11.4. The molecule has 5 nitrogen and oxygen atoms in total. The first kappa shape index (κ1) is 22.3. The van der Waals surface area contributed by atoms with Crippen LogP contribution in [0, 0.1) is 0 Å². The molecule has 1 N–H and O–H groups in total. The topological polar surface area (TPSA) is 59.0 Å². The third-order valence-electron chi connectivity index (χ3n) is 5.85. The first-order valence-electron chi connectivity index (χ1n) is 10.9. The number of unbranched alkanes of at least 4 members (excludes halogenated alkanes) is 2. The molecule has 2 aromatic carbocycles. The fourth-order valence-corrected chi connectivity index (χ4v) is 4.07. The lowest BCUT2D eigenvalue weighted by atomic mass is 9.88. The summed E-state index contributed by atoms with van der Waals surface area (Å²) in [5.74, 6) is 0.746. The summed E-state index contributed by atoms with van der Waals surface area (Å²) in [6.45, 7) is 2.91. The van der Waals surface area contributed by atoms with Crippen molar-refractivity contribution in [1.29, 1.82) is 0 Å². The lowest BCUT2D eigenvalue weighted by Gasteiger charge is -2.48. The summed E-state index contributed by atoms with van der Waals surface area (Å²) in [4.78, 5) is 14.5. The maximum atomic E-state index is 12.9. The van der Waals surface area contributed by atoms with Crippen LogP contribution < -0.4 is 4.74 Å². The van der Waals surface area contributed by atoms with Crippen molar-refractivity contribution in [2.45, 2.75) is 70.4 Å². The van der Waals surface area contributed by atoms with Gasteiger partial charge in [0.15, 0.2) is 5.72 Å². The Morgan fingerprint density at radius 2 is 1.80 bits per heavy atom. The number of carbonyl (C=O) groups excluding carboxylic acids is 1. The van der Waals surface area contributed by atoms with Crippen molar-refractivity contribution < 1.29 is 19.4 Å². The molecule has 1 amide bonds. The van der Waals surface area contributed by atoms with Crippen LogP contribution in [0.5, 0.6) is 5.75 Å². The molecule has 1 unspecified atom stereocenters. The van der Waals surface area contributed by atoms with Gasteiger partial charge in [0.2, 0.25) is 5.91 Å². The van der Waals surface area contributed by atoms with Crippen LogP contribution in [0.15, 0.2) is 54.6 Å². The predicted molar refractivity (Wildman–Crippen MR) is 117 cm³/mol. The molecular weight excluding hydrogens is 378 g/mol. The quantitative estimate of drug-likeness (QED) is 0.577. The number of hydrogen-bond donors (Lipinski definition) is 1. The van der Waals surface area contributed by atoms with Gasteiger partial charge in [0.05, 0.1) is 13.7 Å². The van der Waals surface area contributed by atoms with E-state index in [9.17, 15) is 9.90 Å². The number of nitrogens with zero attached hydrogens (tertiary/aromatic N) is 1. The monoisotopic (exact) mass is 411 g/mol. The second kappa shape index (κ2) is 10.6. The van der Waals surface area contributed by atoms with Crippen LogP contribution in [0.3, 0.4) is 0 Å². The Hall–Kier alpha value is -2.37. The number of hydrogen-bond acceptors (Lipinski definition) is 4. The van der Waals surface area contributed by atoms with Gasteiger partial charge in [0.1, 0.15) is 11.9 Å². The van der Waals surface area contributed by atoms with E-state index in [2.05, 4.69) is 6.92 Å². The molecule has 30 heavy (non-hydrogen) atoms. The van der Waals surface area contributed by atoms with Gasteiger partial charge in [-0.05, 0) is 42.5 Å². The molecule has 1 saturated heterocycles. The summed E-state index contributed by atoms with van der Waals surface area (Å²) in [6.07, 6.45) is 3.94. The second-order valence-electron chi connectivity index (χ2n) is 7.99. The van der Waals surface area contributed by atoms with Crippen LogP contribution >= 0.6 is 0 Å². The minimum Gasteiger partial charge on any atom is -0.497 e. The Morgan fingerprint density at radius 3 is 2.47 bits per heavy atom. The van der Waals surface area contributed by atoms with Gasteiger partial charge in [-0.25, -0.2) is 0 Å². The molecule has 3 rings (SSSR count). The van der Waals surface area contributed by atoms with E-state index < -0.39 is 11.8 Å². The Bertz CT molecular complexity index is 793. The second-order valence-corrected chi connectivity index (χ2v) is 7.99. The maximum absolute atomic E-state index is 12.9. The Balaban J connectivity index is 1.79. The molecule has 1 aliphatic rings. The van der Waals surface area contributed by atoms with Gasteiger partial charge < -0.3 is 19.5 Å². The van der Waals surface area contributed by atoms with Crippen molar-refractivity contribution in [3.63, 3.8) is 0 Å². The minimum absolute atomic E-state index is 0.0237. The number of piperidine rings is 1. The average Bonchev–Trinajstić information content (AvgIpc) is 2.77. The van der Waals surface area contributed by atoms with Gasteiger partial charge in [-0.15, -0.1) is 0 Å². The summed E-state index contributed by atoms with van der Waals surface area (Å²) in [7, 11) is 1.63. The molecule has 0 aromatic heterocycles. The third kappa shape index (κ3) is 5.41. The number of ether oxygens (including phenoxy) is 2. The SMILES string of the molecule is CCCCCC1(O)[C@@H](OCc2ccccc2)CCC(=O)N1Cc1ccc(OC)cc1. The molecule has 5 heteroatoms. The van der Waals surface area contributed by atoms with E-state index >= 15 is 0 Å². The van der Waals surface area contributed by atoms with Crippen LogP contribution in [0.4, 0.5) is 0 Å². The fourth-order valence-electron chi connectivity index (χ4n) is 4.07. The molecule has 1 fully saturated rings. The highest BCUT2D eigenvalue weighted by Gasteiger charge is 2.48. The van der Waals surface area contributed by atoms with Crippen molar-refractivity contribution in [2.24, 2.45) is 0 Å². The number of carbonyl (C=O) groups is 1. The van der Waals surface area contributed by atoms with E-state index in [4.69, 9.17) is 9.47 Å². The van der Waals surface area contributed by atoms with Crippen molar-refractivity contribution in [2.75, 3.05) is 7.11 Å². The summed E-state index contributed by atoms with van der Waals surface area (Å²) in [5, 5.41) is 11.8. The highest BCUT2D eigenvalue weighted by atomic mass is 16.5. The first-order chi connectivity index (χ1) is 14.6. The number of benzene rings is 2. The average molecular weight is 412 g/mol. The number of aliphatic hydroxyl groups is 1. The van der Waals surface area contributed by atoms with E-state index in [0.717, 1.165) is 36.1 Å². The van der Waals surface area contributed by atoms with Gasteiger partial charge in [-0.2, -0.15) is 0 Å². The molecule has 1 heterocycles. The fraction of sp³-hybridized carbons (Fsp3) is 0.480. The molecule has 0 saturated carbocycles. The zero-order valence-electron chi connectivity index (χ0n) is 18.0. The Morgan fingerprint density at radius 1 is 1.07 bits per heavy atom. The number of likely N-dealkylation sites (tertiary alicyclic amines) is 1. The molecule has 2 aromatic rings. The lowest BCUT2D eigenvalue weighted by molar-refractivity contribution is -0.225. The highest BCUT2D eigenvalue weighted by molar-refractivity contribution is 5.78. The van der Waals surface area contributed by atoms with Crippen LogP contribution in [-0.4, -0.2) is 34.9 Å². The first-order valence-corrected chi connectivity index (χ1v) is 10.9. The standard InChI is InChI=1S/C25H33NO4/c1-3-4-8-17-25(28)23(30-19-21-9-6-5-7-10-21)15-16-24(27)26(25)18-20-11-13-22(29-2)14-12-20/h5-7,9-14,23,28H,3-4,8,15-19H2,1-2H3/t23-,25?/m0/s1. The summed E-state index contributed by atoms with van der Waals surface area (Å²) in [6, 6.07) is 17.6. The summed E-state index contributed by atoms with van der Waals surface area (Å²) >= 11 is 0. The van der Waals surface area contributed by atoms with Gasteiger partial charge in [-0.1, -0.05) is 62.2 Å². The van der Waals surface area contributed by atoms with E-state index in [0.29, 0.717) is 32.4 Å². The van der Waals surface area contributed by atoms with E-state index in [1.54, 1.807) is 12.0 Å². The molecular formula is C25H33NO4. The maximum Gasteiger partial charge on any atom is 0.225 e. The molecule has 0 radical (unpaired) electrons. The third-order valence-corrected chi connectivity index (χ3v) is 5.85. The smallest absolute Gasteiger partial charge is 0.225 e. The Kier molecular flexibility index (Phi) is 7.88. The van der Waals surface area contributed by atoms with Crippen LogP contribution in [0.1, 0.15) is 56.6 Å². The minimum atomic E-state index is -1.31. The van der Waals surface area contributed by atoms with Crippen molar-refractivity contribution in [1.82, 2.24) is 4.90 Å². The zero-order chi connectivity index (χ0) is 21.4. The molecule has 162 valence electrons. The highest BCUT2D eigenvalue weighted by Crippen LogP contribution is 2.36. The van der Waals surface area contributed by atoms with Crippen molar-refractivity contribution >= 4 is 5.91 Å². The lowest BCUT2D eigenvalue weighted by Crippen LogP contribution is -2.62. The molecule has 0 bridgehead atoms. The largest absolute Gasteiger partial charge is 0.497 e. The van der Waals surface area contributed by atoms with Crippen LogP contribution in [0.2, 0.25) is 0 Å². The normalized spacial score (nSPS) is 21.6. The van der Waals surface area contributed by atoms with Crippen LogP contribution in [0.25, 0.3) is 0 Å². The van der Waals surface area contributed by atoms with E-state index in [1.165, 1.54) is 0 Å². The summed E-state index contributed by atoms with van der Waals surface area (Å²) in [5.41, 5.74) is 0.716. The van der Waals surface area contributed by atoms with Crippen LogP contribution in [-0.2, 0) is 22.7 Å². The van der Waals surface area contributed by atoms with Gasteiger partial charge >= 0.3 is 0 Å². The van der Waals surface area contributed by atoms with Gasteiger partial charge in [0.25, 0.3) is 0 Å². The molecule has 0 spiro atoms. The van der Waals surface area contributed by atoms with Gasteiger partial charge in [-0.3, -0.25) is 4.79 Å². The van der Waals surface area contributed by atoms with Crippen molar-refractivity contribution in [3.05, 3.63) is 65.7 Å². The predicted octanol–water partition coefficient (Wildman–Crippen LogP) is 4.67. The molecule has 2 atom stereocenters. The zero-order valence-corrected chi connectivity index (χ0v) is 18.0. The van der Waals surface area contributed by atoms with E-state index in [-0.39, 0.29) is 5.91 Å². The molecule has 0 aliphatic carbocycles. The Labute approximate surface area is 179 Å².